The Kier molecular flexibility index (Phi) is 2.99. The molecular formula is C11H11NO3. The first-order chi connectivity index (χ1) is 7.40. The SMILES string of the molecule is OCc1cccnc1OCc1ccco1. The number of rotatable bonds is 4. The van der Waals surface area contributed by atoms with Crippen molar-refractivity contribution in [3.8, 4) is 5.88 Å². The molecule has 0 aliphatic rings. The second kappa shape index (κ2) is 4.61. The second-order valence-electron chi connectivity index (χ2n) is 2.99. The lowest BCUT2D eigenvalue weighted by Crippen LogP contribution is -1.99. The normalized spacial score (nSPS) is 10.2. The fourth-order valence-electron chi connectivity index (χ4n) is 1.21. The van der Waals surface area contributed by atoms with Gasteiger partial charge in [-0.15, -0.1) is 0 Å². The third kappa shape index (κ3) is 2.35. The van der Waals surface area contributed by atoms with Crippen LogP contribution < -0.4 is 4.74 Å². The largest absolute Gasteiger partial charge is 0.469 e. The van der Waals surface area contributed by atoms with Gasteiger partial charge in [-0.2, -0.15) is 0 Å². The van der Waals surface area contributed by atoms with Gasteiger partial charge in [0.25, 0.3) is 0 Å². The lowest BCUT2D eigenvalue weighted by Gasteiger charge is -2.06. The van der Waals surface area contributed by atoms with Crippen molar-refractivity contribution in [1.82, 2.24) is 4.98 Å². The van der Waals surface area contributed by atoms with E-state index in [1.54, 1.807) is 30.7 Å². The number of nitrogens with zero attached hydrogens (tertiary/aromatic N) is 1. The molecule has 4 nitrogen and oxygen atoms in total. The maximum atomic E-state index is 9.03. The minimum absolute atomic E-state index is 0.0820. The highest BCUT2D eigenvalue weighted by molar-refractivity contribution is 5.24. The quantitative estimate of drug-likeness (QED) is 0.826. The predicted molar refractivity (Wildman–Crippen MR) is 53.2 cm³/mol. The lowest BCUT2D eigenvalue weighted by molar-refractivity contribution is 0.237. The standard InChI is InChI=1S/C11H11NO3/c13-7-9-3-1-5-12-11(9)15-8-10-4-2-6-14-10/h1-6,13H,7-8H2. The van der Waals surface area contributed by atoms with E-state index in [1.165, 1.54) is 0 Å². The third-order valence-electron chi connectivity index (χ3n) is 1.95. The van der Waals surface area contributed by atoms with Crippen LogP contribution in [0.15, 0.2) is 41.1 Å². The molecular weight excluding hydrogens is 194 g/mol. The molecule has 4 heteroatoms. The topological polar surface area (TPSA) is 55.5 Å². The molecule has 0 atom stereocenters. The molecule has 0 aliphatic heterocycles. The molecule has 2 heterocycles. The molecule has 0 radical (unpaired) electrons. The Morgan fingerprint density at radius 1 is 1.33 bits per heavy atom. The molecule has 0 unspecified atom stereocenters. The van der Waals surface area contributed by atoms with Crippen molar-refractivity contribution >= 4 is 0 Å². The molecule has 0 fully saturated rings. The number of aliphatic hydroxyl groups excluding tert-OH is 1. The van der Waals surface area contributed by atoms with E-state index in [0.29, 0.717) is 18.1 Å². The van der Waals surface area contributed by atoms with Crippen LogP contribution in [-0.2, 0) is 13.2 Å². The molecule has 0 saturated carbocycles. The van der Waals surface area contributed by atoms with Gasteiger partial charge in [-0.1, -0.05) is 0 Å². The zero-order valence-electron chi connectivity index (χ0n) is 8.09. The molecule has 0 aromatic carbocycles. The number of pyridine rings is 1. The summed E-state index contributed by atoms with van der Waals surface area (Å²) < 4.78 is 10.5. The maximum Gasteiger partial charge on any atom is 0.219 e. The van der Waals surface area contributed by atoms with Gasteiger partial charge in [-0.3, -0.25) is 0 Å². The first-order valence-corrected chi connectivity index (χ1v) is 4.60. The molecule has 0 saturated heterocycles. The van der Waals surface area contributed by atoms with Gasteiger partial charge >= 0.3 is 0 Å². The van der Waals surface area contributed by atoms with Gasteiger partial charge in [0, 0.05) is 11.8 Å². The van der Waals surface area contributed by atoms with Crippen molar-refractivity contribution in [3.05, 3.63) is 48.0 Å². The zero-order valence-corrected chi connectivity index (χ0v) is 8.09. The summed E-state index contributed by atoms with van der Waals surface area (Å²) >= 11 is 0. The Balaban J connectivity index is 2.04. The van der Waals surface area contributed by atoms with Gasteiger partial charge in [0.2, 0.25) is 5.88 Å². The maximum absolute atomic E-state index is 9.03. The highest BCUT2D eigenvalue weighted by atomic mass is 16.5. The highest BCUT2D eigenvalue weighted by Crippen LogP contribution is 2.15. The first kappa shape index (κ1) is 9.73. The van der Waals surface area contributed by atoms with Crippen molar-refractivity contribution in [2.45, 2.75) is 13.2 Å². The molecule has 0 spiro atoms. The van der Waals surface area contributed by atoms with E-state index in [-0.39, 0.29) is 6.61 Å². The summed E-state index contributed by atoms with van der Waals surface area (Å²) in [6, 6.07) is 7.14. The number of hydrogen-bond donors (Lipinski definition) is 1. The number of ether oxygens (including phenoxy) is 1. The van der Waals surface area contributed by atoms with Crippen molar-refractivity contribution in [2.75, 3.05) is 0 Å². The van der Waals surface area contributed by atoms with Crippen LogP contribution in [0.4, 0.5) is 0 Å². The summed E-state index contributed by atoms with van der Waals surface area (Å²) in [5.41, 5.74) is 0.670. The minimum atomic E-state index is -0.0820. The van der Waals surface area contributed by atoms with Crippen LogP contribution in [-0.4, -0.2) is 10.1 Å². The summed E-state index contributed by atoms with van der Waals surface area (Å²) in [6.45, 7) is 0.234. The average molecular weight is 205 g/mol. The Bertz CT molecular complexity index is 412. The van der Waals surface area contributed by atoms with Crippen molar-refractivity contribution in [2.24, 2.45) is 0 Å². The minimum Gasteiger partial charge on any atom is -0.469 e. The molecule has 2 aromatic rings. The van der Waals surface area contributed by atoms with E-state index in [0.717, 1.165) is 5.76 Å². The van der Waals surface area contributed by atoms with E-state index in [9.17, 15) is 0 Å². The van der Waals surface area contributed by atoms with E-state index >= 15 is 0 Å². The molecule has 0 amide bonds. The highest BCUT2D eigenvalue weighted by Gasteiger charge is 2.04. The molecule has 1 N–H and O–H groups in total. The Morgan fingerprint density at radius 2 is 2.27 bits per heavy atom. The fraction of sp³-hybridized carbons (Fsp3) is 0.182. The summed E-state index contributed by atoms with van der Waals surface area (Å²) in [4.78, 5) is 4.03. The van der Waals surface area contributed by atoms with E-state index in [4.69, 9.17) is 14.3 Å². The molecule has 15 heavy (non-hydrogen) atoms. The average Bonchev–Trinajstić information content (AvgIpc) is 2.79. The van der Waals surface area contributed by atoms with Gasteiger partial charge in [-0.05, 0) is 24.3 Å². The van der Waals surface area contributed by atoms with Gasteiger partial charge in [0.05, 0.1) is 12.9 Å². The van der Waals surface area contributed by atoms with Gasteiger partial charge in [-0.25, -0.2) is 4.98 Å². The Labute approximate surface area is 87.1 Å². The van der Waals surface area contributed by atoms with Crippen LogP contribution >= 0.6 is 0 Å². The first-order valence-electron chi connectivity index (χ1n) is 4.60. The summed E-state index contributed by atoms with van der Waals surface area (Å²) in [6.07, 6.45) is 3.21. The molecule has 2 rings (SSSR count). The second-order valence-corrected chi connectivity index (χ2v) is 2.99. The van der Waals surface area contributed by atoms with Crippen LogP contribution in [0, 0.1) is 0 Å². The number of furan rings is 1. The van der Waals surface area contributed by atoms with Crippen LogP contribution in [0.2, 0.25) is 0 Å². The van der Waals surface area contributed by atoms with Crippen LogP contribution in [0.5, 0.6) is 5.88 Å². The summed E-state index contributed by atoms with van der Waals surface area (Å²) in [5, 5.41) is 9.03. The van der Waals surface area contributed by atoms with Crippen molar-refractivity contribution in [3.63, 3.8) is 0 Å². The summed E-state index contributed by atoms with van der Waals surface area (Å²) in [5.74, 6) is 1.17. The lowest BCUT2D eigenvalue weighted by atomic mass is 10.3. The number of aliphatic hydroxyl groups is 1. The zero-order chi connectivity index (χ0) is 10.5. The monoisotopic (exact) mass is 205 g/mol. The number of hydrogen-bond acceptors (Lipinski definition) is 4. The fourth-order valence-corrected chi connectivity index (χ4v) is 1.21. The van der Waals surface area contributed by atoms with Gasteiger partial charge in [0.1, 0.15) is 12.4 Å². The van der Waals surface area contributed by atoms with Gasteiger partial charge in [0.15, 0.2) is 0 Å². The smallest absolute Gasteiger partial charge is 0.219 e. The van der Waals surface area contributed by atoms with E-state index in [1.807, 2.05) is 6.07 Å². The van der Waals surface area contributed by atoms with E-state index in [2.05, 4.69) is 4.98 Å². The predicted octanol–water partition coefficient (Wildman–Crippen LogP) is 1.75. The van der Waals surface area contributed by atoms with Crippen LogP contribution in [0.3, 0.4) is 0 Å². The van der Waals surface area contributed by atoms with Crippen molar-refractivity contribution < 1.29 is 14.3 Å². The summed E-state index contributed by atoms with van der Waals surface area (Å²) in [7, 11) is 0. The molecule has 78 valence electrons. The molecule has 0 bridgehead atoms. The third-order valence-corrected chi connectivity index (χ3v) is 1.95. The van der Waals surface area contributed by atoms with Crippen LogP contribution in [0.25, 0.3) is 0 Å². The Hall–Kier alpha value is -1.81. The number of aromatic nitrogens is 1. The Morgan fingerprint density at radius 3 is 3.00 bits per heavy atom. The van der Waals surface area contributed by atoms with Crippen molar-refractivity contribution in [1.29, 1.82) is 0 Å². The molecule has 0 aliphatic carbocycles. The molecule has 2 aromatic heterocycles. The van der Waals surface area contributed by atoms with Crippen LogP contribution in [0.1, 0.15) is 11.3 Å². The van der Waals surface area contributed by atoms with Gasteiger partial charge < -0.3 is 14.3 Å². The van der Waals surface area contributed by atoms with E-state index < -0.39 is 0 Å².